The van der Waals surface area contributed by atoms with Crippen LogP contribution < -0.4 is 16.7 Å². The number of rotatable bonds is 6. The Morgan fingerprint density at radius 3 is 0.929 bits per heavy atom. The first-order valence-corrected chi connectivity index (χ1v) is 33.1. The average Bonchev–Trinajstić information content (AvgIpc) is 1.62. The van der Waals surface area contributed by atoms with Crippen molar-refractivity contribution in [2.45, 2.75) is 0 Å². The van der Waals surface area contributed by atoms with Gasteiger partial charge < -0.3 is 0 Å². The molecule has 6 aromatic heterocycles. The number of hydrogen-bond acceptors (Lipinski definition) is 6. The third-order valence-electron chi connectivity index (χ3n) is 19.7. The summed E-state index contributed by atoms with van der Waals surface area (Å²) in [7, 11) is 0. The summed E-state index contributed by atoms with van der Waals surface area (Å²) in [5, 5.41) is 11.3. The van der Waals surface area contributed by atoms with E-state index in [1.165, 1.54) is 0 Å². The molecule has 0 amide bonds. The molecule has 21 aromatic rings. The number of imidazole rings is 3. The summed E-state index contributed by atoms with van der Waals surface area (Å²) in [4.78, 5) is 56.7. The fourth-order valence-corrected chi connectivity index (χ4v) is 15.3. The van der Waals surface area contributed by atoms with E-state index in [0.717, 1.165) is 164 Å². The van der Waals surface area contributed by atoms with Crippen LogP contribution in [0.25, 0.3) is 181 Å². The van der Waals surface area contributed by atoms with Gasteiger partial charge in [-0.15, -0.1) is 0 Å². The van der Waals surface area contributed by atoms with Gasteiger partial charge in [0.2, 0.25) is 0 Å². The van der Waals surface area contributed by atoms with Gasteiger partial charge in [0.05, 0.1) is 33.1 Å². The highest BCUT2D eigenvalue weighted by Crippen LogP contribution is 2.42. The summed E-state index contributed by atoms with van der Waals surface area (Å²) in [6, 6.07) is 111. The molecule has 99 heavy (non-hydrogen) atoms. The fraction of sp³-hybridized carbons (Fsp3) is 0. The Kier molecular flexibility index (Phi) is 13.2. The van der Waals surface area contributed by atoms with Gasteiger partial charge >= 0.3 is 0 Å². The number of pyridine rings is 3. The fourth-order valence-electron chi connectivity index (χ4n) is 15.3. The van der Waals surface area contributed by atoms with Gasteiger partial charge in [0.25, 0.3) is 16.7 Å². The minimum absolute atomic E-state index is 0.0268. The van der Waals surface area contributed by atoms with Crippen molar-refractivity contribution in [2.75, 3.05) is 0 Å². The van der Waals surface area contributed by atoms with Gasteiger partial charge in [-0.25, -0.2) is 15.0 Å². The predicted octanol–water partition coefficient (Wildman–Crippen LogP) is 20.8. The Hall–Kier alpha value is -13.5. The van der Waals surface area contributed by atoms with Crippen LogP contribution >= 0.6 is 0 Å². The van der Waals surface area contributed by atoms with E-state index in [9.17, 15) is 14.4 Å². The van der Waals surface area contributed by atoms with Crippen molar-refractivity contribution in [3.8, 4) is 66.8 Å². The normalized spacial score (nSPS) is 11.8. The van der Waals surface area contributed by atoms with E-state index in [4.69, 9.17) is 15.0 Å². The van der Waals surface area contributed by atoms with Gasteiger partial charge in [-0.2, -0.15) is 0 Å². The van der Waals surface area contributed by atoms with Gasteiger partial charge in [0, 0.05) is 70.7 Å². The van der Waals surface area contributed by atoms with Gasteiger partial charge in [-0.1, -0.05) is 285 Å². The highest BCUT2D eigenvalue weighted by atomic mass is 16.1. The molecule has 462 valence electrons. The first-order chi connectivity index (χ1) is 48.9. The van der Waals surface area contributed by atoms with Gasteiger partial charge in [-0.05, 0) is 103 Å². The summed E-state index contributed by atoms with van der Waals surface area (Å²) >= 11 is 0. The maximum atomic E-state index is 13.9. The van der Waals surface area contributed by atoms with E-state index < -0.39 is 0 Å². The van der Waals surface area contributed by atoms with Crippen LogP contribution in [-0.4, -0.2) is 28.2 Å². The van der Waals surface area contributed by atoms with Crippen LogP contribution in [0.3, 0.4) is 0 Å². The molecule has 0 aliphatic carbocycles. The predicted molar refractivity (Wildman–Crippen MR) is 408 cm³/mol. The van der Waals surface area contributed by atoms with Crippen LogP contribution in [0.15, 0.2) is 342 Å². The highest BCUT2D eigenvalue weighted by molar-refractivity contribution is 6.22. The standard InChI is InChI=1S/3C30H18N2O/c2*33-30-25-15-7-14-23-21(19-9-3-1-4-10-19)17-18-24(27(23)25)29-31-28-22(20-11-5-2-6-12-20)13-8-16-26(28)32(29)30;33-30-25-16-8-14-21-13-7-15-24(26(21)25)29-31-27-22(19-9-3-1-4-10-19)17-18-23(28(27)32(29)30)20-11-5-2-6-12-20/h3*1-18H. The maximum Gasteiger partial charge on any atom is 0.264 e. The van der Waals surface area contributed by atoms with Crippen LogP contribution in [0.5, 0.6) is 0 Å². The molecule has 0 saturated carbocycles. The summed E-state index contributed by atoms with van der Waals surface area (Å²) in [6.07, 6.45) is 0. The molecule has 0 radical (unpaired) electrons. The minimum atomic E-state index is -0.0285. The SMILES string of the molecule is O=c1c2cccc3c(-c4ccccc4)ccc(c32)c2nc3c(-c4ccccc4)cccc3n12.O=c1c2cccc3c(-c4ccccc4)ccc(c32)c2nc3c(-c4ccccc4)cccc3n12.O=c1c2cccc3cccc(c32)c2nc3c(-c4ccccc4)ccc(-c4ccccc4)c3n12. The molecule has 0 bridgehead atoms. The van der Waals surface area contributed by atoms with Crippen LogP contribution in [0.2, 0.25) is 0 Å². The zero-order valence-electron chi connectivity index (χ0n) is 53.1. The van der Waals surface area contributed by atoms with Gasteiger partial charge in [0.15, 0.2) is 0 Å². The molecule has 21 rings (SSSR count). The van der Waals surface area contributed by atoms with Gasteiger partial charge in [0.1, 0.15) is 16.9 Å². The second kappa shape index (κ2) is 22.9. The lowest BCUT2D eigenvalue weighted by Gasteiger charge is -2.11. The second-order valence-electron chi connectivity index (χ2n) is 25.1. The molecule has 0 fully saturated rings. The van der Waals surface area contributed by atoms with Crippen LogP contribution in [0.4, 0.5) is 0 Å². The largest absolute Gasteiger partial charge is 0.268 e. The zero-order chi connectivity index (χ0) is 65.8. The van der Waals surface area contributed by atoms with E-state index in [0.29, 0.717) is 16.9 Å². The molecule has 9 heteroatoms. The lowest BCUT2D eigenvalue weighted by molar-refractivity contribution is 1.19. The molecule has 0 N–H and O–H groups in total. The van der Waals surface area contributed by atoms with E-state index in [1.54, 1.807) is 8.80 Å². The van der Waals surface area contributed by atoms with Crippen molar-refractivity contribution in [3.05, 3.63) is 359 Å². The Morgan fingerprint density at radius 2 is 0.495 bits per heavy atom. The first kappa shape index (κ1) is 57.0. The third kappa shape index (κ3) is 8.95. The molecular weight excluding hydrogens is 1210 g/mol. The van der Waals surface area contributed by atoms with Crippen LogP contribution in [0, 0.1) is 0 Å². The number of fused-ring (bicyclic) bond motifs is 12. The molecule has 9 nitrogen and oxygen atoms in total. The van der Waals surface area contributed by atoms with E-state index in [-0.39, 0.29) is 16.7 Å². The van der Waals surface area contributed by atoms with Crippen molar-refractivity contribution in [1.82, 2.24) is 28.2 Å². The first-order valence-electron chi connectivity index (χ1n) is 33.1. The van der Waals surface area contributed by atoms with Crippen molar-refractivity contribution in [3.63, 3.8) is 0 Å². The molecule has 0 saturated heterocycles. The Balaban J connectivity index is 0.000000104. The molecular formula is C90H54N6O3. The average molecular weight is 1270 g/mol. The molecule has 6 heterocycles. The number of aromatic nitrogens is 6. The van der Waals surface area contributed by atoms with Crippen molar-refractivity contribution < 1.29 is 0 Å². The Bertz CT molecular complexity index is 6660. The van der Waals surface area contributed by atoms with E-state index >= 15 is 0 Å². The smallest absolute Gasteiger partial charge is 0.264 e. The molecule has 0 aliphatic heterocycles. The Labute approximate surface area is 565 Å². The van der Waals surface area contributed by atoms with Crippen molar-refractivity contribution in [2.24, 2.45) is 0 Å². The number of para-hydroxylation sites is 2. The molecule has 0 unspecified atom stereocenters. The quantitative estimate of drug-likeness (QED) is 0.164. The second-order valence-corrected chi connectivity index (χ2v) is 25.1. The number of benzene rings is 15. The van der Waals surface area contributed by atoms with Gasteiger partial charge in [-0.3, -0.25) is 27.6 Å². The lowest BCUT2D eigenvalue weighted by Crippen LogP contribution is -2.13. The molecule has 0 aliphatic rings. The Morgan fingerprint density at radius 1 is 0.202 bits per heavy atom. The van der Waals surface area contributed by atoms with Crippen LogP contribution in [-0.2, 0) is 0 Å². The topological polar surface area (TPSA) is 103 Å². The summed E-state index contributed by atoms with van der Waals surface area (Å²) < 4.78 is 5.38. The summed E-state index contributed by atoms with van der Waals surface area (Å²) in [5.74, 6) is 0. The van der Waals surface area contributed by atoms with E-state index in [1.807, 2.05) is 180 Å². The summed E-state index contributed by atoms with van der Waals surface area (Å²) in [6.45, 7) is 0. The number of hydrogen-bond donors (Lipinski definition) is 0. The third-order valence-corrected chi connectivity index (χ3v) is 19.7. The molecule has 0 spiro atoms. The maximum absolute atomic E-state index is 13.9. The van der Waals surface area contributed by atoms with E-state index in [2.05, 4.69) is 152 Å². The van der Waals surface area contributed by atoms with Crippen LogP contribution in [0.1, 0.15) is 0 Å². The lowest BCUT2D eigenvalue weighted by atomic mass is 9.94. The summed E-state index contributed by atoms with van der Waals surface area (Å²) in [5.41, 5.74) is 20.1. The minimum Gasteiger partial charge on any atom is -0.268 e. The van der Waals surface area contributed by atoms with Crippen molar-refractivity contribution in [1.29, 1.82) is 0 Å². The zero-order valence-corrected chi connectivity index (χ0v) is 53.1. The van der Waals surface area contributed by atoms with Crippen molar-refractivity contribution >= 4 is 115 Å². The molecule has 15 aromatic carbocycles. The monoisotopic (exact) mass is 1270 g/mol. The highest BCUT2D eigenvalue weighted by Gasteiger charge is 2.24. The molecule has 0 atom stereocenters. The number of nitrogens with zero attached hydrogens (tertiary/aromatic N) is 6.